The molecule has 0 aliphatic carbocycles. The molecule has 0 unspecified atom stereocenters. The van der Waals surface area contributed by atoms with Crippen molar-refractivity contribution < 1.29 is 9.53 Å². The van der Waals surface area contributed by atoms with E-state index in [-0.39, 0.29) is 5.78 Å². The van der Waals surface area contributed by atoms with Crippen molar-refractivity contribution in [3.8, 4) is 5.75 Å². The number of carbonyl (C=O) groups is 1. The minimum atomic E-state index is 0.0903. The number of unbranched alkanes of at least 4 members (excludes halogenated alkanes) is 1. The van der Waals surface area contributed by atoms with Gasteiger partial charge in [0.2, 0.25) is 0 Å². The molecule has 0 saturated heterocycles. The highest BCUT2D eigenvalue weighted by Crippen LogP contribution is 2.20. The Kier molecular flexibility index (Phi) is 5.56. The van der Waals surface area contributed by atoms with E-state index in [9.17, 15) is 4.79 Å². The smallest absolute Gasteiger partial charge is 0.159 e. The molecule has 110 valence electrons. The summed E-state index contributed by atoms with van der Waals surface area (Å²) in [4.78, 5) is 11.3. The molecule has 2 rings (SSSR count). The Morgan fingerprint density at radius 1 is 1.05 bits per heavy atom. The SMILES string of the molecule is CC(=O)c1ccc(OCCCCc2ccccc2)c(C)c1. The molecule has 0 aliphatic heterocycles. The molecular formula is C19H22O2. The van der Waals surface area contributed by atoms with E-state index >= 15 is 0 Å². The zero-order valence-corrected chi connectivity index (χ0v) is 12.8. The maximum atomic E-state index is 11.3. The highest BCUT2D eigenvalue weighted by atomic mass is 16.5. The molecule has 2 aromatic carbocycles. The second-order valence-corrected chi connectivity index (χ2v) is 5.33. The first kappa shape index (κ1) is 15.3. The van der Waals surface area contributed by atoms with Crippen molar-refractivity contribution in [1.82, 2.24) is 0 Å². The third kappa shape index (κ3) is 4.75. The molecular weight excluding hydrogens is 260 g/mol. The molecule has 2 nitrogen and oxygen atoms in total. The third-order valence-electron chi connectivity index (χ3n) is 3.54. The summed E-state index contributed by atoms with van der Waals surface area (Å²) < 4.78 is 5.80. The number of benzene rings is 2. The van der Waals surface area contributed by atoms with Crippen LogP contribution in [0.15, 0.2) is 48.5 Å². The average molecular weight is 282 g/mol. The zero-order chi connectivity index (χ0) is 15.1. The Balaban J connectivity index is 1.75. The topological polar surface area (TPSA) is 26.3 Å². The van der Waals surface area contributed by atoms with E-state index in [0.717, 1.165) is 36.1 Å². The number of aryl methyl sites for hydroxylation is 2. The Labute approximate surface area is 126 Å². The van der Waals surface area contributed by atoms with E-state index < -0.39 is 0 Å². The summed E-state index contributed by atoms with van der Waals surface area (Å²) in [6.45, 7) is 4.28. The van der Waals surface area contributed by atoms with Crippen molar-refractivity contribution in [2.24, 2.45) is 0 Å². The monoisotopic (exact) mass is 282 g/mol. The molecule has 0 heterocycles. The molecule has 0 aliphatic rings. The van der Waals surface area contributed by atoms with Gasteiger partial charge in [0, 0.05) is 5.56 Å². The van der Waals surface area contributed by atoms with E-state index in [4.69, 9.17) is 4.74 Å². The van der Waals surface area contributed by atoms with Crippen LogP contribution in [0.1, 0.15) is 41.3 Å². The lowest BCUT2D eigenvalue weighted by Crippen LogP contribution is -2.01. The molecule has 21 heavy (non-hydrogen) atoms. The maximum absolute atomic E-state index is 11.3. The summed E-state index contributed by atoms with van der Waals surface area (Å²) >= 11 is 0. The number of rotatable bonds is 7. The lowest BCUT2D eigenvalue weighted by atomic mass is 10.1. The summed E-state index contributed by atoms with van der Waals surface area (Å²) in [5.74, 6) is 0.965. The molecule has 2 heteroatoms. The van der Waals surface area contributed by atoms with Gasteiger partial charge < -0.3 is 4.74 Å². The first-order valence-electron chi connectivity index (χ1n) is 7.45. The van der Waals surface area contributed by atoms with E-state index in [2.05, 4.69) is 24.3 Å². The van der Waals surface area contributed by atoms with Crippen LogP contribution in [0.3, 0.4) is 0 Å². The number of carbonyl (C=O) groups excluding carboxylic acids is 1. The minimum Gasteiger partial charge on any atom is -0.493 e. The minimum absolute atomic E-state index is 0.0903. The van der Waals surface area contributed by atoms with Gasteiger partial charge in [-0.15, -0.1) is 0 Å². The van der Waals surface area contributed by atoms with Crippen LogP contribution < -0.4 is 4.74 Å². The number of hydrogen-bond donors (Lipinski definition) is 0. The van der Waals surface area contributed by atoms with E-state index in [0.29, 0.717) is 6.61 Å². The summed E-state index contributed by atoms with van der Waals surface area (Å²) in [5, 5.41) is 0. The molecule has 2 aromatic rings. The van der Waals surface area contributed by atoms with Crippen molar-refractivity contribution in [2.75, 3.05) is 6.61 Å². The second-order valence-electron chi connectivity index (χ2n) is 5.33. The fourth-order valence-electron chi connectivity index (χ4n) is 2.29. The molecule has 0 bridgehead atoms. The van der Waals surface area contributed by atoms with Gasteiger partial charge in [-0.05, 0) is 62.4 Å². The summed E-state index contributed by atoms with van der Waals surface area (Å²) in [6, 6.07) is 16.1. The number of hydrogen-bond acceptors (Lipinski definition) is 2. The van der Waals surface area contributed by atoms with Crippen LogP contribution in [0.4, 0.5) is 0 Å². The molecule has 0 amide bonds. The fourth-order valence-corrected chi connectivity index (χ4v) is 2.29. The normalized spacial score (nSPS) is 10.4. The molecule has 0 N–H and O–H groups in total. The van der Waals surface area contributed by atoms with Gasteiger partial charge in [0.05, 0.1) is 6.61 Å². The predicted octanol–water partition coefficient (Wildman–Crippen LogP) is 4.60. The van der Waals surface area contributed by atoms with Crippen molar-refractivity contribution in [3.63, 3.8) is 0 Å². The van der Waals surface area contributed by atoms with Crippen molar-refractivity contribution in [3.05, 3.63) is 65.2 Å². The highest BCUT2D eigenvalue weighted by molar-refractivity contribution is 5.94. The van der Waals surface area contributed by atoms with Gasteiger partial charge in [-0.3, -0.25) is 4.79 Å². The first-order chi connectivity index (χ1) is 10.2. The zero-order valence-electron chi connectivity index (χ0n) is 12.8. The van der Waals surface area contributed by atoms with E-state index in [1.165, 1.54) is 5.56 Å². The van der Waals surface area contributed by atoms with E-state index in [1.54, 1.807) is 6.92 Å². The second kappa shape index (κ2) is 7.63. The molecule has 0 spiro atoms. The quantitative estimate of drug-likeness (QED) is 0.548. The molecule has 0 aromatic heterocycles. The summed E-state index contributed by atoms with van der Waals surface area (Å²) in [7, 11) is 0. The van der Waals surface area contributed by atoms with Crippen LogP contribution in [0.5, 0.6) is 5.75 Å². The van der Waals surface area contributed by atoms with E-state index in [1.807, 2.05) is 31.2 Å². The molecule has 0 radical (unpaired) electrons. The van der Waals surface area contributed by atoms with Gasteiger partial charge in [0.1, 0.15) is 5.75 Å². The first-order valence-corrected chi connectivity index (χ1v) is 7.45. The Hall–Kier alpha value is -2.09. The van der Waals surface area contributed by atoms with Crippen LogP contribution in [-0.4, -0.2) is 12.4 Å². The van der Waals surface area contributed by atoms with Gasteiger partial charge in [0.15, 0.2) is 5.78 Å². The fraction of sp³-hybridized carbons (Fsp3) is 0.316. The highest BCUT2D eigenvalue weighted by Gasteiger charge is 2.04. The molecule has 0 saturated carbocycles. The summed E-state index contributed by atoms with van der Waals surface area (Å²) in [6.07, 6.45) is 3.24. The lowest BCUT2D eigenvalue weighted by molar-refractivity contribution is 0.101. The van der Waals surface area contributed by atoms with Crippen LogP contribution in [0.2, 0.25) is 0 Å². The number of ether oxygens (including phenoxy) is 1. The van der Waals surface area contributed by atoms with Gasteiger partial charge in [-0.25, -0.2) is 0 Å². The van der Waals surface area contributed by atoms with Crippen molar-refractivity contribution in [1.29, 1.82) is 0 Å². The third-order valence-corrected chi connectivity index (χ3v) is 3.54. The van der Waals surface area contributed by atoms with Gasteiger partial charge in [-0.1, -0.05) is 30.3 Å². The van der Waals surface area contributed by atoms with Crippen LogP contribution >= 0.6 is 0 Å². The summed E-state index contributed by atoms with van der Waals surface area (Å²) in [5.41, 5.74) is 3.13. The predicted molar refractivity (Wildman–Crippen MR) is 86.1 cm³/mol. The van der Waals surface area contributed by atoms with Gasteiger partial charge >= 0.3 is 0 Å². The molecule has 0 fully saturated rings. The number of ketones is 1. The maximum Gasteiger partial charge on any atom is 0.159 e. The standard InChI is InChI=1S/C19H22O2/c1-15-14-18(16(2)20)11-12-19(15)21-13-7-6-10-17-8-4-3-5-9-17/h3-5,8-9,11-12,14H,6-7,10,13H2,1-2H3. The largest absolute Gasteiger partial charge is 0.493 e. The van der Waals surface area contributed by atoms with Crippen LogP contribution in [0.25, 0.3) is 0 Å². The Morgan fingerprint density at radius 2 is 1.81 bits per heavy atom. The van der Waals surface area contributed by atoms with Gasteiger partial charge in [-0.2, -0.15) is 0 Å². The Bertz CT molecular complexity index is 588. The number of Topliss-reactive ketones (excluding diaryl/α,β-unsaturated/α-hetero) is 1. The van der Waals surface area contributed by atoms with Crippen molar-refractivity contribution >= 4 is 5.78 Å². The molecule has 0 atom stereocenters. The van der Waals surface area contributed by atoms with Gasteiger partial charge in [0.25, 0.3) is 0 Å². The lowest BCUT2D eigenvalue weighted by Gasteiger charge is -2.10. The average Bonchev–Trinajstić information content (AvgIpc) is 2.49. The van der Waals surface area contributed by atoms with Crippen molar-refractivity contribution in [2.45, 2.75) is 33.1 Å². The Morgan fingerprint density at radius 3 is 2.48 bits per heavy atom. The van der Waals surface area contributed by atoms with Crippen LogP contribution in [0, 0.1) is 6.92 Å². The van der Waals surface area contributed by atoms with Crippen LogP contribution in [-0.2, 0) is 6.42 Å².